The minimum atomic E-state index is -0.222. The van der Waals surface area contributed by atoms with Crippen molar-refractivity contribution in [3.8, 4) is 0 Å². The molecule has 0 amide bonds. The summed E-state index contributed by atoms with van der Waals surface area (Å²) in [4.78, 5) is 0. The van der Waals surface area contributed by atoms with E-state index in [9.17, 15) is 5.11 Å². The van der Waals surface area contributed by atoms with Gasteiger partial charge < -0.3 is 5.11 Å². The van der Waals surface area contributed by atoms with Crippen molar-refractivity contribution in [3.63, 3.8) is 0 Å². The highest BCUT2D eigenvalue weighted by Gasteiger charge is 2.31. The number of aliphatic hydroxyl groups excluding tert-OH is 1. The second kappa shape index (κ2) is 15.7. The van der Waals surface area contributed by atoms with Crippen LogP contribution in [0.15, 0.2) is 142 Å². The molecule has 2 unspecified atom stereocenters. The fourth-order valence-electron chi connectivity index (χ4n) is 5.62. The standard InChI is InChI=1S/C40H54O/c1-30(18-13-20-32(3)23-25-37-34(5)22-15-27-39(37,7)8)16-11-12-17-31(2)19-14-21-33(4)24-26-38-35(6)28-36(41)29-40(38,9)10/h11-27,36-37,41H,28-29H2,1-10H3/b12-11+,18-13+,19-14+,25-23+,26-24+,30-16+,31-17+,32-20+,33-21+. The molecule has 1 nitrogen and oxygen atoms in total. The summed E-state index contributed by atoms with van der Waals surface area (Å²) in [7, 11) is 0. The van der Waals surface area contributed by atoms with Crippen molar-refractivity contribution >= 4 is 0 Å². The maximum atomic E-state index is 10.1. The molecule has 2 aliphatic rings. The van der Waals surface area contributed by atoms with Gasteiger partial charge in [0.2, 0.25) is 0 Å². The molecule has 0 bridgehead atoms. The van der Waals surface area contributed by atoms with E-state index in [0.717, 1.165) is 12.8 Å². The summed E-state index contributed by atoms with van der Waals surface area (Å²) < 4.78 is 0. The third-order valence-corrected chi connectivity index (χ3v) is 7.98. The molecule has 1 heteroatoms. The molecule has 0 radical (unpaired) electrons. The quantitative estimate of drug-likeness (QED) is 0.268. The maximum absolute atomic E-state index is 10.1. The van der Waals surface area contributed by atoms with Crippen LogP contribution >= 0.6 is 0 Å². The average Bonchev–Trinajstić information content (AvgIpc) is 2.84. The zero-order valence-electron chi connectivity index (χ0n) is 27.3. The van der Waals surface area contributed by atoms with Gasteiger partial charge in [-0.1, -0.05) is 164 Å². The van der Waals surface area contributed by atoms with Crippen LogP contribution in [0.5, 0.6) is 0 Å². The van der Waals surface area contributed by atoms with E-state index in [1.165, 1.54) is 39.0 Å². The molecule has 0 heterocycles. The molecular formula is C40H54O. The summed E-state index contributed by atoms with van der Waals surface area (Å²) in [5, 5.41) is 10.1. The van der Waals surface area contributed by atoms with E-state index in [0.29, 0.717) is 5.92 Å². The van der Waals surface area contributed by atoms with Crippen LogP contribution in [0.4, 0.5) is 0 Å². The van der Waals surface area contributed by atoms with Crippen molar-refractivity contribution in [1.29, 1.82) is 0 Å². The summed E-state index contributed by atoms with van der Waals surface area (Å²) in [5.74, 6) is 0.438. The first-order chi connectivity index (χ1) is 19.2. The fourth-order valence-corrected chi connectivity index (χ4v) is 5.62. The zero-order valence-corrected chi connectivity index (χ0v) is 27.3. The SMILES string of the molecule is CC1=CC=CC(C)(C)C1/C=C/C(C)=C/C=C/C(C)=C/C=C/C=C(C)/C=C/C=C(C)/C=C/C1=C(C)CC(O)CC1(C)C. The Kier molecular flexibility index (Phi) is 13.1. The van der Waals surface area contributed by atoms with Crippen LogP contribution in [0.1, 0.15) is 82.1 Å². The van der Waals surface area contributed by atoms with Gasteiger partial charge in [-0.05, 0) is 70.8 Å². The normalized spacial score (nSPS) is 24.7. The molecule has 0 fully saturated rings. The van der Waals surface area contributed by atoms with Gasteiger partial charge in [0.25, 0.3) is 0 Å². The van der Waals surface area contributed by atoms with Crippen molar-refractivity contribution in [2.24, 2.45) is 16.7 Å². The van der Waals surface area contributed by atoms with Gasteiger partial charge >= 0.3 is 0 Å². The smallest absolute Gasteiger partial charge is 0.0585 e. The predicted octanol–water partition coefficient (Wildman–Crippen LogP) is 11.2. The Balaban J connectivity index is 1.89. The van der Waals surface area contributed by atoms with Crippen LogP contribution < -0.4 is 0 Å². The molecule has 0 aliphatic heterocycles. The molecule has 41 heavy (non-hydrogen) atoms. The Morgan fingerprint density at radius 1 is 0.756 bits per heavy atom. The first-order valence-corrected chi connectivity index (χ1v) is 15.0. The van der Waals surface area contributed by atoms with Gasteiger partial charge in [0, 0.05) is 5.92 Å². The molecule has 2 rings (SSSR count). The summed E-state index contributed by atoms with van der Waals surface area (Å²) in [6.45, 7) is 21.9. The van der Waals surface area contributed by atoms with Crippen LogP contribution in [0.3, 0.4) is 0 Å². The molecule has 220 valence electrons. The van der Waals surface area contributed by atoms with E-state index >= 15 is 0 Å². The summed E-state index contributed by atoms with van der Waals surface area (Å²) in [6.07, 6.45) is 38.3. The topological polar surface area (TPSA) is 20.2 Å². The Hall–Kier alpha value is -3.16. The van der Waals surface area contributed by atoms with E-state index in [4.69, 9.17) is 0 Å². The lowest BCUT2D eigenvalue weighted by Gasteiger charge is -2.35. The third-order valence-electron chi connectivity index (χ3n) is 7.98. The molecule has 1 N–H and O–H groups in total. The fraction of sp³-hybridized carbons (Fsp3) is 0.400. The van der Waals surface area contributed by atoms with Crippen LogP contribution in [0.2, 0.25) is 0 Å². The molecule has 0 saturated heterocycles. The summed E-state index contributed by atoms with van der Waals surface area (Å²) in [6, 6.07) is 0. The Labute approximate surface area is 251 Å². The van der Waals surface area contributed by atoms with Crippen LogP contribution in [-0.2, 0) is 0 Å². The van der Waals surface area contributed by atoms with Crippen molar-refractivity contribution in [2.75, 3.05) is 0 Å². The number of hydrogen-bond donors (Lipinski definition) is 1. The Bertz CT molecular complexity index is 1280. The van der Waals surface area contributed by atoms with Crippen LogP contribution in [0.25, 0.3) is 0 Å². The molecule has 0 aromatic rings. The van der Waals surface area contributed by atoms with E-state index in [1.807, 2.05) is 0 Å². The molecule has 0 saturated carbocycles. The monoisotopic (exact) mass is 550 g/mol. The van der Waals surface area contributed by atoms with Gasteiger partial charge in [0.05, 0.1) is 6.10 Å². The molecule has 2 atom stereocenters. The van der Waals surface area contributed by atoms with Crippen molar-refractivity contribution in [1.82, 2.24) is 0 Å². The second-order valence-corrected chi connectivity index (χ2v) is 13.1. The van der Waals surface area contributed by atoms with Crippen LogP contribution in [0, 0.1) is 16.7 Å². The minimum absolute atomic E-state index is 0.0108. The van der Waals surface area contributed by atoms with Crippen molar-refractivity contribution in [3.05, 3.63) is 142 Å². The number of allylic oxidation sites excluding steroid dienone is 23. The first-order valence-electron chi connectivity index (χ1n) is 15.0. The lowest BCUT2D eigenvalue weighted by molar-refractivity contribution is 0.116. The molecular weight excluding hydrogens is 496 g/mol. The number of aliphatic hydroxyl groups is 1. The van der Waals surface area contributed by atoms with E-state index < -0.39 is 0 Å². The lowest BCUT2D eigenvalue weighted by Crippen LogP contribution is -2.28. The van der Waals surface area contributed by atoms with Gasteiger partial charge in [0.15, 0.2) is 0 Å². The first kappa shape index (κ1) is 34.0. The third kappa shape index (κ3) is 11.7. The van der Waals surface area contributed by atoms with Gasteiger partial charge in [-0.25, -0.2) is 0 Å². The number of rotatable bonds is 10. The maximum Gasteiger partial charge on any atom is 0.0585 e. The van der Waals surface area contributed by atoms with Crippen molar-refractivity contribution in [2.45, 2.75) is 88.2 Å². The van der Waals surface area contributed by atoms with Crippen molar-refractivity contribution < 1.29 is 5.11 Å². The number of hydrogen-bond acceptors (Lipinski definition) is 1. The lowest BCUT2D eigenvalue weighted by atomic mass is 9.71. The van der Waals surface area contributed by atoms with E-state index in [-0.39, 0.29) is 16.9 Å². The largest absolute Gasteiger partial charge is 0.393 e. The van der Waals surface area contributed by atoms with Crippen LogP contribution in [-0.4, -0.2) is 11.2 Å². The van der Waals surface area contributed by atoms with Gasteiger partial charge in [-0.3, -0.25) is 0 Å². The Morgan fingerprint density at radius 2 is 1.27 bits per heavy atom. The zero-order chi connectivity index (χ0) is 30.6. The van der Waals surface area contributed by atoms with Gasteiger partial charge in [-0.2, -0.15) is 0 Å². The molecule has 0 aromatic heterocycles. The summed E-state index contributed by atoms with van der Waals surface area (Å²) in [5.41, 5.74) is 9.09. The highest BCUT2D eigenvalue weighted by atomic mass is 16.3. The molecule has 0 spiro atoms. The average molecular weight is 551 g/mol. The second-order valence-electron chi connectivity index (χ2n) is 13.1. The predicted molar refractivity (Wildman–Crippen MR) is 183 cm³/mol. The molecule has 0 aromatic carbocycles. The molecule has 2 aliphatic carbocycles. The highest BCUT2D eigenvalue weighted by molar-refractivity contribution is 5.38. The Morgan fingerprint density at radius 3 is 1.80 bits per heavy atom. The van der Waals surface area contributed by atoms with Gasteiger partial charge in [-0.15, -0.1) is 0 Å². The van der Waals surface area contributed by atoms with E-state index in [1.54, 1.807) is 0 Å². The highest BCUT2D eigenvalue weighted by Crippen LogP contribution is 2.41. The minimum Gasteiger partial charge on any atom is -0.393 e. The van der Waals surface area contributed by atoms with E-state index in [2.05, 4.69) is 173 Å². The summed E-state index contributed by atoms with van der Waals surface area (Å²) >= 11 is 0. The van der Waals surface area contributed by atoms with Gasteiger partial charge in [0.1, 0.15) is 0 Å².